The Balaban J connectivity index is 2.60. The van der Waals surface area contributed by atoms with E-state index in [9.17, 15) is 4.79 Å². The monoisotopic (exact) mass is 248 g/mol. The van der Waals surface area contributed by atoms with Gasteiger partial charge in [-0.25, -0.2) is 0 Å². The van der Waals surface area contributed by atoms with Gasteiger partial charge in [-0.15, -0.1) is 0 Å². The summed E-state index contributed by atoms with van der Waals surface area (Å²) in [6.07, 6.45) is 3.08. The summed E-state index contributed by atoms with van der Waals surface area (Å²) in [6, 6.07) is 3.75. The second-order valence-electron chi connectivity index (χ2n) is 6.11. The minimum atomic E-state index is 0.356. The fraction of sp³-hybridized carbons (Fsp3) is 0.562. The van der Waals surface area contributed by atoms with Gasteiger partial charge in [0.2, 0.25) is 0 Å². The molecule has 1 rings (SSSR count). The van der Waals surface area contributed by atoms with Crippen LogP contribution in [0.25, 0.3) is 0 Å². The molecule has 0 heterocycles. The van der Waals surface area contributed by atoms with Gasteiger partial charge < -0.3 is 4.74 Å². The fourth-order valence-corrected chi connectivity index (χ4v) is 2.06. The molecule has 0 saturated heterocycles. The summed E-state index contributed by atoms with van der Waals surface area (Å²) in [5.74, 6) is 0.925. The lowest BCUT2D eigenvalue weighted by molar-refractivity contribution is 0.112. The highest BCUT2D eigenvalue weighted by molar-refractivity contribution is 5.76. The van der Waals surface area contributed by atoms with Crippen molar-refractivity contribution in [1.29, 1.82) is 0 Å². The largest absolute Gasteiger partial charge is 0.493 e. The van der Waals surface area contributed by atoms with Crippen LogP contribution in [0.15, 0.2) is 12.1 Å². The number of aldehydes is 1. The van der Waals surface area contributed by atoms with E-state index in [1.807, 2.05) is 26.0 Å². The lowest BCUT2D eigenvalue weighted by atomic mass is 9.91. The van der Waals surface area contributed by atoms with Crippen molar-refractivity contribution in [2.45, 2.75) is 47.5 Å². The van der Waals surface area contributed by atoms with Gasteiger partial charge in [-0.3, -0.25) is 4.79 Å². The first-order valence-electron chi connectivity index (χ1n) is 6.53. The Labute approximate surface area is 110 Å². The Kier molecular flexibility index (Phi) is 4.94. The highest BCUT2D eigenvalue weighted by Crippen LogP contribution is 2.25. The van der Waals surface area contributed by atoms with Crippen LogP contribution < -0.4 is 4.74 Å². The van der Waals surface area contributed by atoms with Crippen molar-refractivity contribution in [3.05, 3.63) is 28.8 Å². The molecular formula is C16H24O2. The van der Waals surface area contributed by atoms with E-state index in [0.717, 1.165) is 42.6 Å². The number of hydrogen-bond acceptors (Lipinski definition) is 2. The molecule has 0 unspecified atom stereocenters. The van der Waals surface area contributed by atoms with Gasteiger partial charge in [0.15, 0.2) is 0 Å². The summed E-state index contributed by atoms with van der Waals surface area (Å²) >= 11 is 0. The smallest absolute Gasteiger partial charge is 0.150 e. The van der Waals surface area contributed by atoms with Crippen LogP contribution in [0.4, 0.5) is 0 Å². The molecule has 2 heteroatoms. The number of carbonyl (C=O) groups excluding carboxylic acids is 1. The van der Waals surface area contributed by atoms with Gasteiger partial charge in [0, 0.05) is 5.56 Å². The van der Waals surface area contributed by atoms with Gasteiger partial charge in [-0.2, -0.15) is 0 Å². The van der Waals surface area contributed by atoms with E-state index in [4.69, 9.17) is 4.74 Å². The minimum Gasteiger partial charge on any atom is -0.493 e. The minimum absolute atomic E-state index is 0.356. The first-order chi connectivity index (χ1) is 8.33. The van der Waals surface area contributed by atoms with Gasteiger partial charge in [0.05, 0.1) is 6.61 Å². The number of rotatable bonds is 5. The van der Waals surface area contributed by atoms with Crippen molar-refractivity contribution in [2.24, 2.45) is 5.41 Å². The Morgan fingerprint density at radius 3 is 2.17 bits per heavy atom. The van der Waals surface area contributed by atoms with Gasteiger partial charge in [-0.1, -0.05) is 20.8 Å². The van der Waals surface area contributed by atoms with Crippen molar-refractivity contribution in [3.8, 4) is 5.75 Å². The van der Waals surface area contributed by atoms with E-state index < -0.39 is 0 Å². The van der Waals surface area contributed by atoms with Crippen LogP contribution in [0.5, 0.6) is 5.75 Å². The zero-order chi connectivity index (χ0) is 13.8. The molecule has 1 aromatic rings. The van der Waals surface area contributed by atoms with E-state index in [1.54, 1.807) is 0 Å². The molecule has 0 N–H and O–H groups in total. The zero-order valence-corrected chi connectivity index (χ0v) is 12.2. The van der Waals surface area contributed by atoms with Crippen molar-refractivity contribution in [1.82, 2.24) is 0 Å². The fourth-order valence-electron chi connectivity index (χ4n) is 2.06. The topological polar surface area (TPSA) is 26.3 Å². The Bertz CT molecular complexity index is 391. The Hall–Kier alpha value is -1.31. The van der Waals surface area contributed by atoms with Gasteiger partial charge >= 0.3 is 0 Å². The summed E-state index contributed by atoms with van der Waals surface area (Å²) in [6.45, 7) is 11.4. The van der Waals surface area contributed by atoms with E-state index >= 15 is 0 Å². The summed E-state index contributed by atoms with van der Waals surface area (Å²) in [5.41, 5.74) is 3.14. The van der Waals surface area contributed by atoms with Gasteiger partial charge in [0.25, 0.3) is 0 Å². The molecule has 0 aliphatic heterocycles. The van der Waals surface area contributed by atoms with Crippen molar-refractivity contribution in [2.75, 3.05) is 6.61 Å². The molecule has 0 amide bonds. The van der Waals surface area contributed by atoms with Crippen molar-refractivity contribution >= 4 is 6.29 Å². The third kappa shape index (κ3) is 4.52. The van der Waals surface area contributed by atoms with E-state index in [-0.39, 0.29) is 0 Å². The van der Waals surface area contributed by atoms with E-state index in [1.165, 1.54) is 0 Å². The highest BCUT2D eigenvalue weighted by Gasteiger charge is 2.10. The molecule has 0 aromatic heterocycles. The van der Waals surface area contributed by atoms with Crippen LogP contribution in [-0.4, -0.2) is 12.9 Å². The third-order valence-electron chi connectivity index (χ3n) is 2.94. The predicted molar refractivity (Wildman–Crippen MR) is 75.5 cm³/mol. The van der Waals surface area contributed by atoms with Crippen LogP contribution in [0.2, 0.25) is 0 Å². The molecule has 1 aromatic carbocycles. The molecule has 100 valence electrons. The molecular weight excluding hydrogens is 224 g/mol. The highest BCUT2D eigenvalue weighted by atomic mass is 16.5. The SMILES string of the molecule is Cc1cc(C=O)cc(C)c1OCCCC(C)(C)C. The third-order valence-corrected chi connectivity index (χ3v) is 2.94. The lowest BCUT2D eigenvalue weighted by Gasteiger charge is -2.18. The quantitative estimate of drug-likeness (QED) is 0.573. The Morgan fingerprint density at radius 1 is 1.17 bits per heavy atom. The maximum absolute atomic E-state index is 10.8. The van der Waals surface area contributed by atoms with E-state index in [0.29, 0.717) is 11.0 Å². The van der Waals surface area contributed by atoms with Crippen molar-refractivity contribution < 1.29 is 9.53 Å². The van der Waals surface area contributed by atoms with E-state index in [2.05, 4.69) is 20.8 Å². The summed E-state index contributed by atoms with van der Waals surface area (Å²) < 4.78 is 5.85. The predicted octanol–water partition coefficient (Wildman–Crippen LogP) is 4.32. The second kappa shape index (κ2) is 6.03. The van der Waals surface area contributed by atoms with Crippen molar-refractivity contribution in [3.63, 3.8) is 0 Å². The molecule has 18 heavy (non-hydrogen) atoms. The second-order valence-corrected chi connectivity index (χ2v) is 6.11. The summed E-state index contributed by atoms with van der Waals surface area (Å²) in [4.78, 5) is 10.8. The van der Waals surface area contributed by atoms with Gasteiger partial charge in [0.1, 0.15) is 12.0 Å². The normalized spacial score (nSPS) is 11.4. The average Bonchev–Trinajstić information content (AvgIpc) is 2.25. The number of hydrogen-bond donors (Lipinski definition) is 0. The van der Waals surface area contributed by atoms with Crippen LogP contribution >= 0.6 is 0 Å². The first kappa shape index (κ1) is 14.7. The molecule has 2 nitrogen and oxygen atoms in total. The molecule has 0 atom stereocenters. The summed E-state index contributed by atoms with van der Waals surface area (Å²) in [5, 5.41) is 0. The molecule has 0 fully saturated rings. The van der Waals surface area contributed by atoms with Crippen LogP contribution in [-0.2, 0) is 0 Å². The summed E-state index contributed by atoms with van der Waals surface area (Å²) in [7, 11) is 0. The van der Waals surface area contributed by atoms with Gasteiger partial charge in [-0.05, 0) is 55.4 Å². The number of benzene rings is 1. The maximum Gasteiger partial charge on any atom is 0.150 e. The molecule has 0 aliphatic rings. The molecule has 0 aliphatic carbocycles. The molecule has 0 radical (unpaired) electrons. The average molecular weight is 248 g/mol. The first-order valence-corrected chi connectivity index (χ1v) is 6.53. The Morgan fingerprint density at radius 2 is 1.72 bits per heavy atom. The molecule has 0 saturated carbocycles. The van der Waals surface area contributed by atoms with Crippen LogP contribution in [0.1, 0.15) is 55.1 Å². The lowest BCUT2D eigenvalue weighted by Crippen LogP contribution is -2.08. The number of aryl methyl sites for hydroxylation is 2. The maximum atomic E-state index is 10.8. The number of ether oxygens (including phenoxy) is 1. The van der Waals surface area contributed by atoms with Crippen LogP contribution in [0, 0.1) is 19.3 Å². The number of carbonyl (C=O) groups is 1. The standard InChI is InChI=1S/C16H24O2/c1-12-9-14(11-17)10-13(2)15(12)18-8-6-7-16(3,4)5/h9-11H,6-8H2,1-5H3. The molecule has 0 bridgehead atoms. The zero-order valence-electron chi connectivity index (χ0n) is 12.2. The van der Waals surface area contributed by atoms with Crippen LogP contribution in [0.3, 0.4) is 0 Å². The molecule has 0 spiro atoms.